The van der Waals surface area contributed by atoms with Crippen LogP contribution in [0.1, 0.15) is 38.2 Å². The fourth-order valence-electron chi connectivity index (χ4n) is 3.74. The van der Waals surface area contributed by atoms with Gasteiger partial charge in [0.25, 0.3) is 0 Å². The Kier molecular flexibility index (Phi) is 4.37. The summed E-state index contributed by atoms with van der Waals surface area (Å²) in [5.74, 6) is 0.800. The molecule has 0 saturated heterocycles. The van der Waals surface area contributed by atoms with E-state index in [1.165, 1.54) is 48.4 Å². The second-order valence-electron chi connectivity index (χ2n) is 6.05. The minimum atomic E-state index is 0.715. The summed E-state index contributed by atoms with van der Waals surface area (Å²) >= 11 is 0. The van der Waals surface area contributed by atoms with Crippen molar-refractivity contribution in [3.63, 3.8) is 0 Å². The molecule has 1 fully saturated rings. The molecule has 106 valence electrons. The Morgan fingerprint density at radius 2 is 1.80 bits per heavy atom. The van der Waals surface area contributed by atoms with Gasteiger partial charge >= 0.3 is 0 Å². The van der Waals surface area contributed by atoms with Crippen molar-refractivity contribution in [2.24, 2.45) is 5.92 Å². The van der Waals surface area contributed by atoms with Gasteiger partial charge in [0.2, 0.25) is 0 Å². The number of benzene rings is 2. The minimum Gasteiger partial charge on any atom is -0.314 e. The Labute approximate surface area is 122 Å². The van der Waals surface area contributed by atoms with Gasteiger partial charge in [-0.15, -0.1) is 0 Å². The average molecular weight is 267 g/mol. The number of rotatable bonds is 4. The van der Waals surface area contributed by atoms with Crippen molar-refractivity contribution in [3.05, 3.63) is 48.0 Å². The Morgan fingerprint density at radius 1 is 1.00 bits per heavy atom. The lowest BCUT2D eigenvalue weighted by molar-refractivity contribution is 0.264. The quantitative estimate of drug-likeness (QED) is 0.857. The molecule has 0 amide bonds. The first-order valence-electron chi connectivity index (χ1n) is 8.08. The minimum absolute atomic E-state index is 0.715. The maximum Gasteiger partial charge on any atom is 0.00983 e. The van der Waals surface area contributed by atoms with E-state index in [0.29, 0.717) is 6.04 Å². The molecule has 1 aliphatic carbocycles. The van der Waals surface area contributed by atoms with Crippen molar-refractivity contribution < 1.29 is 0 Å². The van der Waals surface area contributed by atoms with Crippen LogP contribution in [0, 0.1) is 5.92 Å². The van der Waals surface area contributed by atoms with Crippen LogP contribution >= 0.6 is 0 Å². The van der Waals surface area contributed by atoms with Crippen LogP contribution < -0.4 is 5.32 Å². The molecule has 2 aromatic carbocycles. The van der Waals surface area contributed by atoms with Gasteiger partial charge < -0.3 is 5.32 Å². The van der Waals surface area contributed by atoms with Gasteiger partial charge in [-0.25, -0.2) is 0 Å². The lowest BCUT2D eigenvalue weighted by Crippen LogP contribution is -2.39. The molecule has 0 aromatic heterocycles. The van der Waals surface area contributed by atoms with Gasteiger partial charge in [0.15, 0.2) is 0 Å². The molecule has 1 nitrogen and oxygen atoms in total. The molecule has 1 aliphatic rings. The fourth-order valence-corrected chi connectivity index (χ4v) is 3.74. The maximum atomic E-state index is 3.70. The highest BCUT2D eigenvalue weighted by atomic mass is 14.9. The molecule has 1 saturated carbocycles. The third kappa shape index (κ3) is 2.88. The summed E-state index contributed by atoms with van der Waals surface area (Å²) < 4.78 is 0. The first-order valence-corrected chi connectivity index (χ1v) is 8.08. The summed E-state index contributed by atoms with van der Waals surface area (Å²) in [5.41, 5.74) is 1.53. The SMILES string of the molecule is CCNC1CCCCC1Cc1cccc2ccccc12. The normalized spacial score (nSPS) is 23.1. The van der Waals surface area contributed by atoms with E-state index >= 15 is 0 Å². The van der Waals surface area contributed by atoms with Crippen molar-refractivity contribution in [1.29, 1.82) is 0 Å². The van der Waals surface area contributed by atoms with Crippen molar-refractivity contribution >= 4 is 10.8 Å². The van der Waals surface area contributed by atoms with Crippen LogP contribution in [-0.2, 0) is 6.42 Å². The fraction of sp³-hybridized carbons (Fsp3) is 0.474. The van der Waals surface area contributed by atoms with Gasteiger partial charge in [-0.3, -0.25) is 0 Å². The van der Waals surface area contributed by atoms with Crippen molar-refractivity contribution in [2.75, 3.05) is 6.54 Å². The lowest BCUT2D eigenvalue weighted by atomic mass is 9.80. The molecule has 2 unspecified atom stereocenters. The first-order chi connectivity index (χ1) is 9.88. The van der Waals surface area contributed by atoms with E-state index in [4.69, 9.17) is 0 Å². The first kappa shape index (κ1) is 13.6. The van der Waals surface area contributed by atoms with E-state index in [1.807, 2.05) is 0 Å². The van der Waals surface area contributed by atoms with Crippen molar-refractivity contribution in [2.45, 2.75) is 45.1 Å². The predicted molar refractivity (Wildman–Crippen MR) is 87.1 cm³/mol. The number of nitrogens with one attached hydrogen (secondary N) is 1. The third-order valence-electron chi connectivity index (χ3n) is 4.74. The molecule has 2 aromatic rings. The van der Waals surface area contributed by atoms with Crippen molar-refractivity contribution in [1.82, 2.24) is 5.32 Å². The van der Waals surface area contributed by atoms with Crippen LogP contribution in [0.15, 0.2) is 42.5 Å². The van der Waals surface area contributed by atoms with Crippen LogP contribution in [-0.4, -0.2) is 12.6 Å². The second kappa shape index (κ2) is 6.41. The average Bonchev–Trinajstić information content (AvgIpc) is 2.50. The van der Waals surface area contributed by atoms with Gasteiger partial charge in [0.1, 0.15) is 0 Å². The van der Waals surface area contributed by atoms with Crippen LogP contribution in [0.5, 0.6) is 0 Å². The molecule has 0 aliphatic heterocycles. The zero-order chi connectivity index (χ0) is 13.8. The highest BCUT2D eigenvalue weighted by Gasteiger charge is 2.24. The molecule has 1 N–H and O–H groups in total. The molecule has 3 rings (SSSR count). The van der Waals surface area contributed by atoms with E-state index in [-0.39, 0.29) is 0 Å². The number of hydrogen-bond acceptors (Lipinski definition) is 1. The molecule has 0 spiro atoms. The monoisotopic (exact) mass is 267 g/mol. The molecule has 2 atom stereocenters. The Balaban J connectivity index is 1.84. The van der Waals surface area contributed by atoms with E-state index < -0.39 is 0 Å². The van der Waals surface area contributed by atoms with Crippen LogP contribution in [0.25, 0.3) is 10.8 Å². The Bertz CT molecular complexity index is 553. The summed E-state index contributed by atoms with van der Waals surface area (Å²) in [6.07, 6.45) is 6.74. The van der Waals surface area contributed by atoms with Crippen LogP contribution in [0.2, 0.25) is 0 Å². The lowest BCUT2D eigenvalue weighted by Gasteiger charge is -2.32. The van der Waals surface area contributed by atoms with E-state index in [1.54, 1.807) is 0 Å². The molecule has 0 radical (unpaired) electrons. The highest BCUT2D eigenvalue weighted by Crippen LogP contribution is 2.30. The van der Waals surface area contributed by atoms with Crippen LogP contribution in [0.4, 0.5) is 0 Å². The second-order valence-corrected chi connectivity index (χ2v) is 6.05. The van der Waals surface area contributed by atoms with Gasteiger partial charge in [-0.1, -0.05) is 62.2 Å². The van der Waals surface area contributed by atoms with Crippen LogP contribution in [0.3, 0.4) is 0 Å². The maximum absolute atomic E-state index is 3.70. The summed E-state index contributed by atoms with van der Waals surface area (Å²) in [6.45, 7) is 3.32. The van der Waals surface area contributed by atoms with Crippen molar-refractivity contribution in [3.8, 4) is 0 Å². The molecule has 1 heteroatoms. The highest BCUT2D eigenvalue weighted by molar-refractivity contribution is 5.85. The van der Waals surface area contributed by atoms with Gasteiger partial charge in [-0.2, -0.15) is 0 Å². The number of hydrogen-bond donors (Lipinski definition) is 1. The summed E-state index contributed by atoms with van der Waals surface area (Å²) in [7, 11) is 0. The molecular weight excluding hydrogens is 242 g/mol. The third-order valence-corrected chi connectivity index (χ3v) is 4.74. The number of fused-ring (bicyclic) bond motifs is 1. The smallest absolute Gasteiger partial charge is 0.00983 e. The Hall–Kier alpha value is -1.34. The Morgan fingerprint density at radius 3 is 2.70 bits per heavy atom. The van der Waals surface area contributed by atoms with E-state index in [2.05, 4.69) is 54.7 Å². The molecule has 0 bridgehead atoms. The van der Waals surface area contributed by atoms with E-state index in [0.717, 1.165) is 12.5 Å². The summed E-state index contributed by atoms with van der Waals surface area (Å²) in [6, 6.07) is 16.3. The van der Waals surface area contributed by atoms with Gasteiger partial charge in [-0.05, 0) is 48.1 Å². The largest absolute Gasteiger partial charge is 0.314 e. The summed E-state index contributed by atoms with van der Waals surface area (Å²) in [5, 5.41) is 6.52. The van der Waals surface area contributed by atoms with Gasteiger partial charge in [0, 0.05) is 6.04 Å². The molecular formula is C19H25N. The zero-order valence-corrected chi connectivity index (χ0v) is 12.4. The standard InChI is InChI=1S/C19H25N/c1-2-20-19-13-6-4-9-17(19)14-16-11-7-10-15-8-3-5-12-18(15)16/h3,5,7-8,10-12,17,19-20H,2,4,6,9,13-14H2,1H3. The molecule has 0 heterocycles. The molecule has 20 heavy (non-hydrogen) atoms. The predicted octanol–water partition coefficient (Wildman–Crippen LogP) is 4.55. The summed E-state index contributed by atoms with van der Waals surface area (Å²) in [4.78, 5) is 0. The van der Waals surface area contributed by atoms with Gasteiger partial charge in [0.05, 0.1) is 0 Å². The zero-order valence-electron chi connectivity index (χ0n) is 12.4. The van der Waals surface area contributed by atoms with E-state index in [9.17, 15) is 0 Å². The topological polar surface area (TPSA) is 12.0 Å².